The zero-order valence-electron chi connectivity index (χ0n) is 23.6. The largest absolute Gasteiger partial charge is 0.309 e. The molecule has 1 nitrogen and oxygen atoms in total. The van der Waals surface area contributed by atoms with E-state index in [0.29, 0.717) is 5.92 Å². The quantitative estimate of drug-likeness (QED) is 0.211. The molecule has 1 heterocycles. The Hall–Kier alpha value is -4.88. The minimum atomic E-state index is 0.310. The molecule has 0 amide bonds. The molecule has 1 aromatic heterocycles. The molecule has 1 atom stereocenters. The Balaban J connectivity index is 1.24. The minimum Gasteiger partial charge on any atom is -0.309 e. The van der Waals surface area contributed by atoms with Crippen LogP contribution in [0.25, 0.3) is 49.7 Å². The maximum Gasteiger partial charge on any atom is 0.0541 e. The first-order valence-corrected chi connectivity index (χ1v) is 15.3. The van der Waals surface area contributed by atoms with Gasteiger partial charge >= 0.3 is 0 Å². The summed E-state index contributed by atoms with van der Waals surface area (Å²) in [6.45, 7) is 0. The Labute approximate surface area is 246 Å². The third kappa shape index (κ3) is 3.50. The van der Waals surface area contributed by atoms with E-state index >= 15 is 0 Å². The molecule has 0 saturated carbocycles. The standard InChI is InChI=1S/C41H31N/c1-3-12-28(13-4-1)40-34-23-20-29(25-36(34)35-22-19-27-11-7-8-16-32(27)41(35)40)30-21-24-39-37(26-30)33-17-9-10-18-38(33)42(39)31-14-5-2-6-15-31/h1-6,9-10,12-15,17-26,40H,7-8,11,16H2. The maximum atomic E-state index is 2.46. The van der Waals surface area contributed by atoms with Crippen LogP contribution in [-0.4, -0.2) is 4.57 Å². The lowest BCUT2D eigenvalue weighted by Crippen LogP contribution is -2.09. The minimum absolute atomic E-state index is 0.310. The summed E-state index contributed by atoms with van der Waals surface area (Å²) in [4.78, 5) is 0. The van der Waals surface area contributed by atoms with Crippen LogP contribution >= 0.6 is 0 Å². The highest BCUT2D eigenvalue weighted by molar-refractivity contribution is 6.10. The summed E-state index contributed by atoms with van der Waals surface area (Å²) < 4.78 is 2.39. The molecule has 0 fully saturated rings. The second kappa shape index (κ2) is 9.33. The van der Waals surface area contributed by atoms with E-state index in [9.17, 15) is 0 Å². The number of aryl methyl sites for hydroxylation is 1. The van der Waals surface area contributed by atoms with Crippen molar-refractivity contribution < 1.29 is 0 Å². The van der Waals surface area contributed by atoms with Gasteiger partial charge in [0.05, 0.1) is 11.0 Å². The zero-order valence-corrected chi connectivity index (χ0v) is 23.6. The van der Waals surface area contributed by atoms with Gasteiger partial charge < -0.3 is 4.57 Å². The van der Waals surface area contributed by atoms with Gasteiger partial charge in [-0.1, -0.05) is 97.1 Å². The fraction of sp³-hybridized carbons (Fsp3) is 0.122. The second-order valence-corrected chi connectivity index (χ2v) is 11.9. The summed E-state index contributed by atoms with van der Waals surface area (Å²) >= 11 is 0. The van der Waals surface area contributed by atoms with Crippen molar-refractivity contribution >= 4 is 21.8 Å². The van der Waals surface area contributed by atoms with Crippen LogP contribution in [0.4, 0.5) is 0 Å². The lowest BCUT2D eigenvalue weighted by Gasteiger charge is -2.23. The van der Waals surface area contributed by atoms with Gasteiger partial charge in [0, 0.05) is 22.4 Å². The molecule has 42 heavy (non-hydrogen) atoms. The first-order chi connectivity index (χ1) is 20.8. The molecular formula is C41H31N. The van der Waals surface area contributed by atoms with E-state index < -0.39 is 0 Å². The fourth-order valence-electron chi connectivity index (χ4n) is 7.80. The second-order valence-electron chi connectivity index (χ2n) is 11.9. The highest BCUT2D eigenvalue weighted by Gasteiger charge is 2.33. The van der Waals surface area contributed by atoms with Crippen molar-refractivity contribution in [2.24, 2.45) is 0 Å². The first-order valence-electron chi connectivity index (χ1n) is 15.3. The molecular weight excluding hydrogens is 506 g/mol. The van der Waals surface area contributed by atoms with Crippen molar-refractivity contribution in [3.63, 3.8) is 0 Å². The molecule has 200 valence electrons. The van der Waals surface area contributed by atoms with Crippen LogP contribution in [0.15, 0.2) is 133 Å². The summed E-state index contributed by atoms with van der Waals surface area (Å²) in [5.74, 6) is 0.310. The Bertz CT molecular complexity index is 2130. The van der Waals surface area contributed by atoms with Crippen LogP contribution in [-0.2, 0) is 12.8 Å². The highest BCUT2D eigenvalue weighted by Crippen LogP contribution is 2.52. The van der Waals surface area contributed by atoms with Crippen molar-refractivity contribution in [2.75, 3.05) is 0 Å². The van der Waals surface area contributed by atoms with Crippen molar-refractivity contribution in [3.05, 3.63) is 161 Å². The maximum absolute atomic E-state index is 2.46. The van der Waals surface area contributed by atoms with E-state index in [0.717, 1.165) is 0 Å². The Kier molecular flexibility index (Phi) is 5.28. The summed E-state index contributed by atoms with van der Waals surface area (Å²) in [5, 5.41) is 2.59. The number of aromatic nitrogens is 1. The predicted octanol–water partition coefficient (Wildman–Crippen LogP) is 10.5. The van der Waals surface area contributed by atoms with Gasteiger partial charge in [0.2, 0.25) is 0 Å². The molecule has 0 saturated heterocycles. The molecule has 0 bridgehead atoms. The van der Waals surface area contributed by atoms with Gasteiger partial charge in [0.15, 0.2) is 0 Å². The van der Waals surface area contributed by atoms with Gasteiger partial charge in [-0.25, -0.2) is 0 Å². The Morgan fingerprint density at radius 2 is 1.24 bits per heavy atom. The van der Waals surface area contributed by atoms with Gasteiger partial charge in [0.1, 0.15) is 0 Å². The number of rotatable bonds is 3. The number of para-hydroxylation sites is 2. The van der Waals surface area contributed by atoms with Crippen LogP contribution in [0, 0.1) is 0 Å². The monoisotopic (exact) mass is 537 g/mol. The molecule has 2 aliphatic rings. The topological polar surface area (TPSA) is 4.93 Å². The normalized spacial score (nSPS) is 15.5. The van der Waals surface area contributed by atoms with Crippen molar-refractivity contribution in [1.29, 1.82) is 0 Å². The Morgan fingerprint density at radius 3 is 2.12 bits per heavy atom. The molecule has 6 aromatic carbocycles. The van der Waals surface area contributed by atoms with Crippen molar-refractivity contribution in [1.82, 2.24) is 4.57 Å². The van der Waals surface area contributed by atoms with Crippen LogP contribution in [0.1, 0.15) is 46.6 Å². The number of benzene rings is 6. The van der Waals surface area contributed by atoms with Gasteiger partial charge in [0.25, 0.3) is 0 Å². The third-order valence-corrected chi connectivity index (χ3v) is 9.67. The number of hydrogen-bond donors (Lipinski definition) is 0. The van der Waals surface area contributed by atoms with E-state index in [1.807, 2.05) is 0 Å². The summed E-state index contributed by atoms with van der Waals surface area (Å²) in [7, 11) is 0. The van der Waals surface area contributed by atoms with Crippen molar-refractivity contribution in [2.45, 2.75) is 31.6 Å². The molecule has 0 N–H and O–H groups in total. The molecule has 0 radical (unpaired) electrons. The molecule has 7 aromatic rings. The van der Waals surface area contributed by atoms with Gasteiger partial charge in [-0.3, -0.25) is 0 Å². The summed E-state index contributed by atoms with van der Waals surface area (Å²) in [6.07, 6.45) is 5.01. The first kappa shape index (κ1) is 23.8. The Morgan fingerprint density at radius 1 is 0.524 bits per heavy atom. The van der Waals surface area contributed by atoms with Crippen LogP contribution in [0.2, 0.25) is 0 Å². The fourth-order valence-corrected chi connectivity index (χ4v) is 7.80. The van der Waals surface area contributed by atoms with E-state index in [1.54, 1.807) is 16.7 Å². The van der Waals surface area contributed by atoms with Crippen molar-refractivity contribution in [3.8, 4) is 27.9 Å². The average molecular weight is 538 g/mol. The summed E-state index contributed by atoms with van der Waals surface area (Å²) in [5.41, 5.74) is 16.7. The predicted molar refractivity (Wildman–Crippen MR) is 176 cm³/mol. The molecule has 1 unspecified atom stereocenters. The molecule has 2 aliphatic carbocycles. The van der Waals surface area contributed by atoms with E-state index in [1.165, 1.54) is 86.6 Å². The van der Waals surface area contributed by atoms with E-state index in [4.69, 9.17) is 0 Å². The number of nitrogens with zero attached hydrogens (tertiary/aromatic N) is 1. The van der Waals surface area contributed by atoms with Gasteiger partial charge in [-0.05, 0) is 112 Å². The van der Waals surface area contributed by atoms with Gasteiger partial charge in [-0.15, -0.1) is 0 Å². The zero-order chi connectivity index (χ0) is 27.6. The van der Waals surface area contributed by atoms with E-state index in [2.05, 4.69) is 138 Å². The average Bonchev–Trinajstić information content (AvgIpc) is 3.58. The van der Waals surface area contributed by atoms with Crippen LogP contribution in [0.5, 0.6) is 0 Å². The van der Waals surface area contributed by atoms with E-state index in [-0.39, 0.29) is 0 Å². The smallest absolute Gasteiger partial charge is 0.0541 e. The van der Waals surface area contributed by atoms with Crippen LogP contribution in [0.3, 0.4) is 0 Å². The lowest BCUT2D eigenvalue weighted by atomic mass is 9.81. The van der Waals surface area contributed by atoms with Gasteiger partial charge in [-0.2, -0.15) is 0 Å². The number of fused-ring (bicyclic) bond motifs is 8. The molecule has 9 rings (SSSR count). The lowest BCUT2D eigenvalue weighted by molar-refractivity contribution is 0.678. The molecule has 1 heteroatoms. The summed E-state index contributed by atoms with van der Waals surface area (Å²) in [6, 6.07) is 49.7. The highest BCUT2D eigenvalue weighted by atomic mass is 15.0. The SMILES string of the molecule is c1ccc(C2c3ccc(-c4ccc5c(c4)c4ccccc4n5-c4ccccc4)cc3-c3ccc4c(c32)CCCC4)cc1. The molecule has 0 spiro atoms. The molecule has 0 aliphatic heterocycles. The van der Waals surface area contributed by atoms with Crippen LogP contribution < -0.4 is 0 Å². The number of hydrogen-bond acceptors (Lipinski definition) is 0. The third-order valence-electron chi connectivity index (χ3n) is 9.67.